The Morgan fingerprint density at radius 3 is 2.49 bits per heavy atom. The van der Waals surface area contributed by atoms with Gasteiger partial charge in [-0.15, -0.1) is 0 Å². The molecule has 0 spiro atoms. The van der Waals surface area contributed by atoms with Crippen LogP contribution >= 0.6 is 0 Å². The number of benzene rings is 2. The summed E-state index contributed by atoms with van der Waals surface area (Å²) >= 11 is 0. The number of carbonyl (C=O) groups excluding carboxylic acids is 2. The topological polar surface area (TPSA) is 123 Å². The minimum atomic E-state index is -0.610. The number of primary amides is 1. The van der Waals surface area contributed by atoms with Crippen LogP contribution in [0, 0.1) is 5.92 Å². The third-order valence-electron chi connectivity index (χ3n) is 5.66. The number of pyridine rings is 1. The lowest BCUT2D eigenvalue weighted by Gasteiger charge is -2.13. The van der Waals surface area contributed by atoms with Crippen molar-refractivity contribution in [2.45, 2.75) is 19.4 Å². The van der Waals surface area contributed by atoms with Crippen molar-refractivity contribution in [3.8, 4) is 22.7 Å². The van der Waals surface area contributed by atoms with Gasteiger partial charge in [0.1, 0.15) is 11.5 Å². The first kappa shape index (κ1) is 23.8. The zero-order valence-corrected chi connectivity index (χ0v) is 19.2. The standard InChI is InChI=1S/C27H27N5O3/c28-27(35)21(13-19-8-10-24(33)11-9-19)14-25(34)18-30-17-23-15-26(20-5-4-12-29-16-20)31-32(23)22-6-2-1-3-7-22/h1-12,15-16,21,30,33H,13-14,17-18H2,(H2,28,35)/t21-/m1/s1. The van der Waals surface area contributed by atoms with Crippen molar-refractivity contribution in [2.75, 3.05) is 6.54 Å². The molecule has 0 saturated heterocycles. The monoisotopic (exact) mass is 469 g/mol. The number of aromatic nitrogens is 3. The van der Waals surface area contributed by atoms with Crippen molar-refractivity contribution in [2.24, 2.45) is 11.7 Å². The number of carbonyl (C=O) groups is 2. The highest BCUT2D eigenvalue weighted by atomic mass is 16.3. The molecule has 0 saturated carbocycles. The normalized spacial score (nSPS) is 11.8. The molecule has 0 unspecified atom stereocenters. The summed E-state index contributed by atoms with van der Waals surface area (Å²) < 4.78 is 1.84. The summed E-state index contributed by atoms with van der Waals surface area (Å²) in [6.07, 6.45) is 3.86. The molecule has 0 radical (unpaired) electrons. The second-order valence-corrected chi connectivity index (χ2v) is 8.33. The lowest BCUT2D eigenvalue weighted by atomic mass is 9.93. The molecule has 1 atom stereocenters. The van der Waals surface area contributed by atoms with E-state index in [-0.39, 0.29) is 24.5 Å². The molecule has 35 heavy (non-hydrogen) atoms. The number of nitrogens with two attached hydrogens (primary N) is 1. The van der Waals surface area contributed by atoms with Gasteiger partial charge in [-0.3, -0.25) is 14.6 Å². The molecule has 1 amide bonds. The van der Waals surface area contributed by atoms with Gasteiger partial charge in [-0.2, -0.15) is 5.10 Å². The molecule has 178 valence electrons. The van der Waals surface area contributed by atoms with Gasteiger partial charge in [0.25, 0.3) is 0 Å². The van der Waals surface area contributed by atoms with Gasteiger partial charge in [0.2, 0.25) is 5.91 Å². The minimum absolute atomic E-state index is 0.0437. The maximum Gasteiger partial charge on any atom is 0.221 e. The van der Waals surface area contributed by atoms with Crippen LogP contribution in [0.4, 0.5) is 0 Å². The average molecular weight is 470 g/mol. The molecule has 0 bridgehead atoms. The quantitative estimate of drug-likeness (QED) is 0.310. The molecule has 4 rings (SSSR count). The second kappa shape index (κ2) is 11.2. The largest absolute Gasteiger partial charge is 0.508 e. The first-order valence-corrected chi connectivity index (χ1v) is 11.3. The van der Waals surface area contributed by atoms with Crippen LogP contribution in [0.3, 0.4) is 0 Å². The fraction of sp³-hybridized carbons (Fsp3) is 0.185. The minimum Gasteiger partial charge on any atom is -0.508 e. The highest BCUT2D eigenvalue weighted by Crippen LogP contribution is 2.21. The number of ketones is 1. The molecule has 2 heterocycles. The van der Waals surface area contributed by atoms with Gasteiger partial charge in [0, 0.05) is 36.8 Å². The van der Waals surface area contributed by atoms with Crippen LogP contribution in [0.5, 0.6) is 5.75 Å². The van der Waals surface area contributed by atoms with Crippen molar-refractivity contribution in [1.29, 1.82) is 0 Å². The molecule has 8 heteroatoms. The van der Waals surface area contributed by atoms with Crippen LogP contribution in [0.1, 0.15) is 17.7 Å². The Hall–Kier alpha value is -4.30. The van der Waals surface area contributed by atoms with Crippen LogP contribution in [0.15, 0.2) is 85.2 Å². The zero-order valence-electron chi connectivity index (χ0n) is 19.2. The maximum absolute atomic E-state index is 12.6. The van der Waals surface area contributed by atoms with E-state index >= 15 is 0 Å². The van der Waals surface area contributed by atoms with Crippen molar-refractivity contribution in [3.63, 3.8) is 0 Å². The molecule has 2 aromatic heterocycles. The predicted octanol–water partition coefficient (Wildman–Crippen LogP) is 3.03. The van der Waals surface area contributed by atoms with E-state index in [1.54, 1.807) is 36.7 Å². The van der Waals surface area contributed by atoms with Crippen molar-refractivity contribution in [1.82, 2.24) is 20.1 Å². The smallest absolute Gasteiger partial charge is 0.221 e. The highest BCUT2D eigenvalue weighted by molar-refractivity contribution is 5.87. The summed E-state index contributed by atoms with van der Waals surface area (Å²) in [5, 5.41) is 17.4. The summed E-state index contributed by atoms with van der Waals surface area (Å²) in [6, 6.07) is 22.1. The summed E-state index contributed by atoms with van der Waals surface area (Å²) in [5.41, 5.74) is 9.87. The third kappa shape index (κ3) is 6.39. The average Bonchev–Trinajstić information content (AvgIpc) is 3.30. The maximum atomic E-state index is 12.6. The highest BCUT2D eigenvalue weighted by Gasteiger charge is 2.20. The van der Waals surface area contributed by atoms with E-state index in [0.717, 1.165) is 28.2 Å². The van der Waals surface area contributed by atoms with E-state index in [1.165, 1.54) is 0 Å². The van der Waals surface area contributed by atoms with Crippen LogP contribution in [0.2, 0.25) is 0 Å². The molecule has 4 N–H and O–H groups in total. The molecule has 0 aliphatic heterocycles. The first-order valence-electron chi connectivity index (χ1n) is 11.3. The number of rotatable bonds is 11. The Bertz CT molecular complexity index is 1270. The van der Waals surface area contributed by atoms with Gasteiger partial charge in [0.05, 0.1) is 23.6 Å². The number of phenols is 1. The Morgan fingerprint density at radius 1 is 1.03 bits per heavy atom. The molecule has 2 aromatic carbocycles. The fourth-order valence-electron chi connectivity index (χ4n) is 3.86. The fourth-order valence-corrected chi connectivity index (χ4v) is 3.86. The van der Waals surface area contributed by atoms with Crippen molar-refractivity contribution in [3.05, 3.63) is 96.4 Å². The van der Waals surface area contributed by atoms with Crippen LogP contribution in [0.25, 0.3) is 16.9 Å². The summed E-state index contributed by atoms with van der Waals surface area (Å²) in [5.74, 6) is -1.09. The van der Waals surface area contributed by atoms with Crippen LogP contribution in [-0.2, 0) is 22.6 Å². The van der Waals surface area contributed by atoms with E-state index in [1.807, 2.05) is 53.2 Å². The van der Waals surface area contributed by atoms with E-state index in [4.69, 9.17) is 10.8 Å². The van der Waals surface area contributed by atoms with E-state index in [0.29, 0.717) is 13.0 Å². The molecular formula is C27H27N5O3. The molecule has 8 nitrogen and oxygen atoms in total. The lowest BCUT2D eigenvalue weighted by molar-refractivity contribution is -0.127. The van der Waals surface area contributed by atoms with Gasteiger partial charge in [-0.05, 0) is 54.4 Å². The number of aromatic hydroxyl groups is 1. The number of para-hydroxylation sites is 1. The molecule has 0 aliphatic carbocycles. The number of Topliss-reactive ketones (excluding diaryl/α,β-unsaturated/α-hetero) is 1. The Labute approximate surface area is 203 Å². The Morgan fingerprint density at radius 2 is 1.80 bits per heavy atom. The predicted molar refractivity (Wildman–Crippen MR) is 133 cm³/mol. The lowest BCUT2D eigenvalue weighted by Crippen LogP contribution is -2.31. The summed E-state index contributed by atoms with van der Waals surface area (Å²) in [6.45, 7) is 0.509. The number of hydrogen-bond acceptors (Lipinski definition) is 6. The third-order valence-corrected chi connectivity index (χ3v) is 5.66. The number of amides is 1. The van der Waals surface area contributed by atoms with E-state index in [9.17, 15) is 14.7 Å². The van der Waals surface area contributed by atoms with Crippen molar-refractivity contribution < 1.29 is 14.7 Å². The molecule has 0 fully saturated rings. The summed E-state index contributed by atoms with van der Waals surface area (Å²) in [4.78, 5) is 28.7. The van der Waals surface area contributed by atoms with E-state index in [2.05, 4.69) is 10.3 Å². The van der Waals surface area contributed by atoms with Gasteiger partial charge in [0.15, 0.2) is 0 Å². The second-order valence-electron chi connectivity index (χ2n) is 8.33. The van der Waals surface area contributed by atoms with Gasteiger partial charge in [-0.25, -0.2) is 4.68 Å². The first-order chi connectivity index (χ1) is 17.0. The SMILES string of the molecule is NC(=O)[C@@H](CC(=O)CNCc1cc(-c2cccnc2)nn1-c1ccccc1)Cc1ccc(O)cc1. The van der Waals surface area contributed by atoms with Crippen LogP contribution in [-0.4, -0.2) is 38.1 Å². The Balaban J connectivity index is 1.41. The number of nitrogens with one attached hydrogen (secondary N) is 1. The molecule has 0 aliphatic rings. The number of hydrogen-bond donors (Lipinski definition) is 3. The number of phenolic OH excluding ortho intramolecular Hbond substituents is 1. The van der Waals surface area contributed by atoms with Gasteiger partial charge >= 0.3 is 0 Å². The van der Waals surface area contributed by atoms with Gasteiger partial charge < -0.3 is 16.2 Å². The van der Waals surface area contributed by atoms with E-state index < -0.39 is 11.8 Å². The molecular weight excluding hydrogens is 442 g/mol. The van der Waals surface area contributed by atoms with Crippen molar-refractivity contribution >= 4 is 11.7 Å². The molecule has 4 aromatic rings. The van der Waals surface area contributed by atoms with Crippen LogP contribution < -0.4 is 11.1 Å². The Kier molecular flexibility index (Phi) is 7.64. The zero-order chi connectivity index (χ0) is 24.6. The summed E-state index contributed by atoms with van der Waals surface area (Å²) in [7, 11) is 0. The number of nitrogens with zero attached hydrogens (tertiary/aromatic N) is 3. The van der Waals surface area contributed by atoms with Gasteiger partial charge in [-0.1, -0.05) is 30.3 Å².